The number of rotatable bonds is 4. The summed E-state index contributed by atoms with van der Waals surface area (Å²) in [6.45, 7) is 0.790. The molecule has 1 heterocycles. The summed E-state index contributed by atoms with van der Waals surface area (Å²) in [6.07, 6.45) is 2.22. The van der Waals surface area contributed by atoms with Crippen LogP contribution in [0.3, 0.4) is 0 Å². The van der Waals surface area contributed by atoms with Crippen LogP contribution in [0.2, 0.25) is 0 Å². The van der Waals surface area contributed by atoms with Gasteiger partial charge in [0.05, 0.1) is 12.3 Å². The molecule has 1 aromatic heterocycles. The van der Waals surface area contributed by atoms with Crippen LogP contribution in [0, 0.1) is 0 Å². The predicted molar refractivity (Wildman–Crippen MR) is 37.8 cm³/mol. The number of hydrogen-bond donors (Lipinski definition) is 0. The van der Waals surface area contributed by atoms with Crippen LogP contribution in [-0.2, 0) is 16.0 Å². The fourth-order valence-corrected chi connectivity index (χ4v) is 0.678. The lowest BCUT2D eigenvalue weighted by atomic mass is 10.3. The third-order valence-corrected chi connectivity index (χ3v) is 1.17. The molecule has 0 saturated carbocycles. The minimum atomic E-state index is 0.363. The highest BCUT2D eigenvalue weighted by Gasteiger charge is 1.92. The highest BCUT2D eigenvalue weighted by Crippen LogP contribution is 1.91. The van der Waals surface area contributed by atoms with E-state index < -0.39 is 0 Å². The average Bonchev–Trinajstić information content (AvgIpc) is 2.07. The molecular formula is C7H8N2O2. The third kappa shape index (κ3) is 2.75. The molecule has 1 rings (SSSR count). The number of nitrogens with zero attached hydrogens (tertiary/aromatic N) is 2. The molecule has 4 nitrogen and oxygen atoms in total. The predicted octanol–water partition coefficient (Wildman–Crippen LogP) is 0.192. The van der Waals surface area contributed by atoms with Crippen LogP contribution in [0.25, 0.3) is 0 Å². The zero-order valence-electron chi connectivity index (χ0n) is 5.93. The van der Waals surface area contributed by atoms with Gasteiger partial charge in [0.2, 0.25) is 0 Å². The van der Waals surface area contributed by atoms with Gasteiger partial charge in [0.25, 0.3) is 6.47 Å². The first-order chi connectivity index (χ1) is 5.43. The van der Waals surface area contributed by atoms with Crippen molar-refractivity contribution >= 4 is 6.47 Å². The Hall–Kier alpha value is -1.45. The summed E-state index contributed by atoms with van der Waals surface area (Å²) in [7, 11) is 0. The zero-order chi connectivity index (χ0) is 7.94. The van der Waals surface area contributed by atoms with E-state index in [1.165, 1.54) is 0 Å². The fourth-order valence-electron chi connectivity index (χ4n) is 0.678. The van der Waals surface area contributed by atoms with E-state index >= 15 is 0 Å². The molecule has 58 valence electrons. The summed E-state index contributed by atoms with van der Waals surface area (Å²) in [5, 5.41) is 7.47. The second-order valence-electron chi connectivity index (χ2n) is 1.93. The Balaban J connectivity index is 2.33. The SMILES string of the molecule is O=COCCc1cccnn1. The van der Waals surface area contributed by atoms with Gasteiger partial charge in [0, 0.05) is 12.6 Å². The number of carbonyl (C=O) groups is 1. The molecule has 4 heteroatoms. The van der Waals surface area contributed by atoms with E-state index in [0.29, 0.717) is 19.5 Å². The van der Waals surface area contributed by atoms with Crippen molar-refractivity contribution in [1.29, 1.82) is 0 Å². The maximum Gasteiger partial charge on any atom is 0.293 e. The lowest BCUT2D eigenvalue weighted by Crippen LogP contribution is -1.99. The second kappa shape index (κ2) is 4.38. The lowest BCUT2D eigenvalue weighted by Gasteiger charge is -1.95. The standard InChI is InChI=1S/C7H8N2O2/c10-6-11-5-3-7-2-1-4-8-9-7/h1-2,4,6H,3,5H2. The molecule has 1 aromatic rings. The van der Waals surface area contributed by atoms with E-state index in [9.17, 15) is 4.79 Å². The normalized spacial score (nSPS) is 9.09. The first-order valence-electron chi connectivity index (χ1n) is 3.25. The van der Waals surface area contributed by atoms with Gasteiger partial charge in [0.15, 0.2) is 0 Å². The second-order valence-corrected chi connectivity index (χ2v) is 1.93. The van der Waals surface area contributed by atoms with Crippen molar-refractivity contribution in [2.45, 2.75) is 6.42 Å². The smallest absolute Gasteiger partial charge is 0.293 e. The lowest BCUT2D eigenvalue weighted by molar-refractivity contribution is -0.128. The van der Waals surface area contributed by atoms with Crippen LogP contribution in [0.15, 0.2) is 18.3 Å². The quantitative estimate of drug-likeness (QED) is 0.456. The van der Waals surface area contributed by atoms with E-state index in [-0.39, 0.29) is 0 Å². The Morgan fingerprint density at radius 2 is 2.55 bits per heavy atom. The van der Waals surface area contributed by atoms with Crippen LogP contribution in [0.1, 0.15) is 5.69 Å². The Bertz CT molecular complexity index is 213. The van der Waals surface area contributed by atoms with Crippen LogP contribution in [0.5, 0.6) is 0 Å². The Morgan fingerprint density at radius 3 is 3.18 bits per heavy atom. The van der Waals surface area contributed by atoms with Gasteiger partial charge in [-0.05, 0) is 12.1 Å². The molecular weight excluding hydrogens is 144 g/mol. The largest absolute Gasteiger partial charge is 0.467 e. The number of aromatic nitrogens is 2. The first-order valence-corrected chi connectivity index (χ1v) is 3.25. The molecule has 0 spiro atoms. The monoisotopic (exact) mass is 152 g/mol. The van der Waals surface area contributed by atoms with Crippen LogP contribution in [0.4, 0.5) is 0 Å². The van der Waals surface area contributed by atoms with Crippen molar-refractivity contribution in [2.24, 2.45) is 0 Å². The van der Waals surface area contributed by atoms with Crippen molar-refractivity contribution in [3.63, 3.8) is 0 Å². The molecule has 0 saturated heterocycles. The van der Waals surface area contributed by atoms with Gasteiger partial charge < -0.3 is 4.74 Å². The first kappa shape index (κ1) is 7.65. The highest BCUT2D eigenvalue weighted by atomic mass is 16.5. The van der Waals surface area contributed by atoms with Gasteiger partial charge in [0.1, 0.15) is 0 Å². The summed E-state index contributed by atoms with van der Waals surface area (Å²) in [4.78, 5) is 9.74. The number of carbonyl (C=O) groups excluding carboxylic acids is 1. The Labute approximate surface area is 64.2 Å². The molecule has 0 N–H and O–H groups in total. The van der Waals surface area contributed by atoms with Crippen LogP contribution < -0.4 is 0 Å². The summed E-state index contributed by atoms with van der Waals surface area (Å²) in [6, 6.07) is 3.63. The molecule has 0 radical (unpaired) electrons. The maximum absolute atomic E-state index is 9.74. The van der Waals surface area contributed by atoms with Crippen molar-refractivity contribution in [3.05, 3.63) is 24.0 Å². The van der Waals surface area contributed by atoms with Gasteiger partial charge in [-0.15, -0.1) is 0 Å². The van der Waals surface area contributed by atoms with Crippen molar-refractivity contribution in [1.82, 2.24) is 10.2 Å². The van der Waals surface area contributed by atoms with Crippen molar-refractivity contribution in [3.8, 4) is 0 Å². The molecule has 0 amide bonds. The van der Waals surface area contributed by atoms with Gasteiger partial charge in [-0.25, -0.2) is 0 Å². The zero-order valence-corrected chi connectivity index (χ0v) is 5.93. The number of ether oxygens (including phenoxy) is 1. The number of hydrogen-bond acceptors (Lipinski definition) is 4. The van der Waals surface area contributed by atoms with Crippen molar-refractivity contribution in [2.75, 3.05) is 6.61 Å². The topological polar surface area (TPSA) is 52.1 Å². The van der Waals surface area contributed by atoms with E-state index in [4.69, 9.17) is 0 Å². The van der Waals surface area contributed by atoms with E-state index in [1.807, 2.05) is 6.07 Å². The molecule has 11 heavy (non-hydrogen) atoms. The molecule has 0 fully saturated rings. The van der Waals surface area contributed by atoms with Gasteiger partial charge in [-0.2, -0.15) is 10.2 Å². The minimum Gasteiger partial charge on any atom is -0.467 e. The minimum absolute atomic E-state index is 0.363. The Morgan fingerprint density at radius 1 is 1.64 bits per heavy atom. The van der Waals surface area contributed by atoms with Gasteiger partial charge in [-0.3, -0.25) is 4.79 Å². The molecule has 0 atom stereocenters. The fraction of sp³-hybridized carbons (Fsp3) is 0.286. The summed E-state index contributed by atoms with van der Waals surface area (Å²) < 4.78 is 4.49. The van der Waals surface area contributed by atoms with Crippen molar-refractivity contribution < 1.29 is 9.53 Å². The van der Waals surface area contributed by atoms with E-state index in [1.54, 1.807) is 12.3 Å². The van der Waals surface area contributed by atoms with Gasteiger partial charge >= 0.3 is 0 Å². The molecule has 0 aromatic carbocycles. The maximum atomic E-state index is 9.74. The van der Waals surface area contributed by atoms with E-state index in [2.05, 4.69) is 14.9 Å². The highest BCUT2D eigenvalue weighted by molar-refractivity contribution is 5.36. The average molecular weight is 152 g/mol. The third-order valence-electron chi connectivity index (χ3n) is 1.17. The Kier molecular flexibility index (Phi) is 3.05. The molecule has 0 aliphatic carbocycles. The summed E-state index contributed by atoms with van der Waals surface area (Å²) in [5.41, 5.74) is 0.828. The molecule has 0 bridgehead atoms. The summed E-state index contributed by atoms with van der Waals surface area (Å²) >= 11 is 0. The van der Waals surface area contributed by atoms with Crippen LogP contribution >= 0.6 is 0 Å². The summed E-state index contributed by atoms with van der Waals surface area (Å²) in [5.74, 6) is 0. The van der Waals surface area contributed by atoms with Crippen LogP contribution in [-0.4, -0.2) is 23.3 Å². The molecule has 0 aliphatic heterocycles. The van der Waals surface area contributed by atoms with Gasteiger partial charge in [-0.1, -0.05) is 0 Å². The van der Waals surface area contributed by atoms with E-state index in [0.717, 1.165) is 5.69 Å². The molecule has 0 unspecified atom stereocenters. The molecule has 0 aliphatic rings.